The van der Waals surface area contributed by atoms with E-state index in [4.69, 9.17) is 0 Å². The lowest BCUT2D eigenvalue weighted by Gasteiger charge is -2.01. The Labute approximate surface area is 97.8 Å². The molecule has 1 aliphatic heterocycles. The van der Waals surface area contributed by atoms with Gasteiger partial charge in [0.25, 0.3) is 5.91 Å². The number of thiophene rings is 1. The maximum Gasteiger partial charge on any atom is 0.257 e. The number of rotatable bonds is 2. The number of hydrogen-bond donors (Lipinski definition) is 2. The van der Waals surface area contributed by atoms with Crippen molar-refractivity contribution in [1.82, 2.24) is 10.6 Å². The number of carbonyl (C=O) groups is 1. The van der Waals surface area contributed by atoms with Crippen LogP contribution in [0.5, 0.6) is 0 Å². The molecule has 0 spiro atoms. The lowest BCUT2D eigenvalue weighted by Crippen LogP contribution is -2.37. The number of nitrogens with one attached hydrogen (secondary N) is 2. The molecule has 1 amide bonds. The highest BCUT2D eigenvalue weighted by atomic mass is 32.1. The van der Waals surface area contributed by atoms with E-state index in [2.05, 4.69) is 15.6 Å². The fraction of sp³-hybridized carbons (Fsp3) is 0.455. The highest BCUT2D eigenvalue weighted by molar-refractivity contribution is 7.12. The Bertz CT molecular complexity index is 462. The average Bonchev–Trinajstić information content (AvgIpc) is 2.82. The molecule has 0 aromatic carbocycles. The lowest BCUT2D eigenvalue weighted by molar-refractivity contribution is -0.120. The molecule has 1 aromatic rings. The first-order valence-corrected chi connectivity index (χ1v) is 6.25. The van der Waals surface area contributed by atoms with Gasteiger partial charge in [0.2, 0.25) is 0 Å². The molecule has 0 radical (unpaired) electrons. The number of guanidine groups is 1. The summed E-state index contributed by atoms with van der Waals surface area (Å²) in [5, 5.41) is 6.00. The summed E-state index contributed by atoms with van der Waals surface area (Å²) in [5.41, 5.74) is 0. The van der Waals surface area contributed by atoms with Crippen LogP contribution in [0.4, 0.5) is 0 Å². The first kappa shape index (κ1) is 9.84. The molecular formula is C11H13N3OS. The van der Waals surface area contributed by atoms with Gasteiger partial charge in [-0.1, -0.05) is 0 Å². The van der Waals surface area contributed by atoms with Crippen LogP contribution in [0.15, 0.2) is 17.1 Å². The van der Waals surface area contributed by atoms with Crippen molar-refractivity contribution >= 4 is 23.2 Å². The second kappa shape index (κ2) is 3.59. The number of hydrogen-bond acceptors (Lipinski definition) is 4. The second-order valence-corrected chi connectivity index (χ2v) is 5.56. The third-order valence-corrected chi connectivity index (χ3v) is 3.75. The zero-order valence-corrected chi connectivity index (χ0v) is 9.80. The minimum Gasteiger partial charge on any atom is -0.353 e. The summed E-state index contributed by atoms with van der Waals surface area (Å²) in [6.07, 6.45) is 2.36. The first-order chi connectivity index (χ1) is 7.72. The quantitative estimate of drug-likeness (QED) is 0.812. The lowest BCUT2D eigenvalue weighted by atomic mass is 10.2. The van der Waals surface area contributed by atoms with E-state index in [9.17, 15) is 4.79 Å². The van der Waals surface area contributed by atoms with Crippen LogP contribution < -0.4 is 10.6 Å². The zero-order chi connectivity index (χ0) is 11.1. The maximum atomic E-state index is 11.7. The van der Waals surface area contributed by atoms with Gasteiger partial charge in [0.1, 0.15) is 0 Å². The van der Waals surface area contributed by atoms with Gasteiger partial charge in [-0.15, -0.1) is 11.3 Å². The fourth-order valence-corrected chi connectivity index (χ4v) is 2.61. The molecule has 1 atom stereocenters. The van der Waals surface area contributed by atoms with E-state index >= 15 is 0 Å². The molecule has 4 nitrogen and oxygen atoms in total. The summed E-state index contributed by atoms with van der Waals surface area (Å²) in [4.78, 5) is 18.4. The molecule has 0 bridgehead atoms. The van der Waals surface area contributed by atoms with Gasteiger partial charge in [0.05, 0.1) is 0 Å². The summed E-state index contributed by atoms with van der Waals surface area (Å²) < 4.78 is 0. The smallest absolute Gasteiger partial charge is 0.257 e. The predicted molar refractivity (Wildman–Crippen MR) is 63.5 cm³/mol. The molecule has 84 valence electrons. The topological polar surface area (TPSA) is 53.5 Å². The Morgan fingerprint density at radius 2 is 2.31 bits per heavy atom. The van der Waals surface area contributed by atoms with Gasteiger partial charge in [0.15, 0.2) is 12.0 Å². The summed E-state index contributed by atoms with van der Waals surface area (Å²) in [6, 6.07) is 4.17. The molecule has 16 heavy (non-hydrogen) atoms. The van der Waals surface area contributed by atoms with Crippen LogP contribution in [-0.4, -0.2) is 17.9 Å². The van der Waals surface area contributed by atoms with E-state index in [-0.39, 0.29) is 11.9 Å². The van der Waals surface area contributed by atoms with Gasteiger partial charge < -0.3 is 5.32 Å². The van der Waals surface area contributed by atoms with Crippen molar-refractivity contribution in [2.45, 2.75) is 31.8 Å². The number of amides is 1. The molecule has 1 aromatic heterocycles. The van der Waals surface area contributed by atoms with E-state index < -0.39 is 0 Å². The Morgan fingerprint density at radius 1 is 1.50 bits per heavy atom. The number of aliphatic imine (C=N–C) groups is 1. The highest BCUT2D eigenvalue weighted by Gasteiger charge is 2.31. The van der Waals surface area contributed by atoms with E-state index in [1.54, 1.807) is 11.3 Å². The van der Waals surface area contributed by atoms with E-state index in [1.165, 1.54) is 17.7 Å². The van der Waals surface area contributed by atoms with Gasteiger partial charge in [-0.25, -0.2) is 4.99 Å². The van der Waals surface area contributed by atoms with Crippen molar-refractivity contribution in [1.29, 1.82) is 0 Å². The molecule has 1 unspecified atom stereocenters. The first-order valence-electron chi connectivity index (χ1n) is 5.44. The SMILES string of the molecule is Cc1ccc(C2N=C(NC3CC3)NC2=O)s1. The molecule has 2 aliphatic rings. The second-order valence-electron chi connectivity index (χ2n) is 4.24. The van der Waals surface area contributed by atoms with Crippen molar-refractivity contribution in [3.8, 4) is 0 Å². The normalized spacial score (nSPS) is 24.2. The van der Waals surface area contributed by atoms with Crippen LogP contribution in [0.1, 0.15) is 28.6 Å². The number of carbonyl (C=O) groups excluding carboxylic acids is 1. The molecule has 5 heteroatoms. The third kappa shape index (κ3) is 1.82. The van der Waals surface area contributed by atoms with Gasteiger partial charge in [-0.3, -0.25) is 10.1 Å². The Balaban J connectivity index is 1.79. The van der Waals surface area contributed by atoms with Gasteiger partial charge in [-0.05, 0) is 31.9 Å². The van der Waals surface area contributed by atoms with E-state index in [0.717, 1.165) is 4.88 Å². The summed E-state index contributed by atoms with van der Waals surface area (Å²) in [5.74, 6) is 0.619. The zero-order valence-electron chi connectivity index (χ0n) is 8.99. The van der Waals surface area contributed by atoms with Gasteiger partial charge in [-0.2, -0.15) is 0 Å². The van der Waals surface area contributed by atoms with Gasteiger partial charge in [0, 0.05) is 15.8 Å². The Morgan fingerprint density at radius 3 is 2.94 bits per heavy atom. The monoisotopic (exact) mass is 235 g/mol. The summed E-state index contributed by atoms with van der Waals surface area (Å²) >= 11 is 1.63. The van der Waals surface area contributed by atoms with Crippen LogP contribution >= 0.6 is 11.3 Å². The number of nitrogens with zero attached hydrogens (tertiary/aromatic N) is 1. The van der Waals surface area contributed by atoms with Crippen LogP contribution in [0.3, 0.4) is 0 Å². The molecule has 3 rings (SSSR count). The number of aryl methyl sites for hydroxylation is 1. The highest BCUT2D eigenvalue weighted by Crippen LogP contribution is 2.28. The van der Waals surface area contributed by atoms with Crippen LogP contribution in [-0.2, 0) is 4.79 Å². The largest absolute Gasteiger partial charge is 0.353 e. The molecule has 0 saturated heterocycles. The predicted octanol–water partition coefficient (Wildman–Crippen LogP) is 1.34. The summed E-state index contributed by atoms with van der Waals surface area (Å²) in [7, 11) is 0. The fourth-order valence-electron chi connectivity index (χ4n) is 1.69. The molecule has 1 fully saturated rings. The average molecular weight is 235 g/mol. The molecule has 2 heterocycles. The molecule has 1 aliphatic carbocycles. The molecule has 2 N–H and O–H groups in total. The van der Waals surface area contributed by atoms with Crippen LogP contribution in [0.25, 0.3) is 0 Å². The molecular weight excluding hydrogens is 222 g/mol. The standard InChI is InChI=1S/C11H13N3OS/c1-6-2-5-8(16-6)9-10(15)14-11(13-9)12-7-3-4-7/h2,5,7,9H,3-4H2,1H3,(H2,12,13,14,15). The van der Waals surface area contributed by atoms with Crippen molar-refractivity contribution < 1.29 is 4.79 Å². The van der Waals surface area contributed by atoms with Crippen molar-refractivity contribution in [2.24, 2.45) is 4.99 Å². The van der Waals surface area contributed by atoms with Gasteiger partial charge >= 0.3 is 0 Å². The van der Waals surface area contributed by atoms with E-state index in [1.807, 2.05) is 19.1 Å². The van der Waals surface area contributed by atoms with Crippen molar-refractivity contribution in [2.75, 3.05) is 0 Å². The van der Waals surface area contributed by atoms with Crippen molar-refractivity contribution in [3.05, 3.63) is 21.9 Å². The maximum absolute atomic E-state index is 11.7. The molecule has 1 saturated carbocycles. The van der Waals surface area contributed by atoms with Crippen molar-refractivity contribution in [3.63, 3.8) is 0 Å². The summed E-state index contributed by atoms with van der Waals surface area (Å²) in [6.45, 7) is 2.04. The minimum absolute atomic E-state index is 0.0231. The Kier molecular flexibility index (Phi) is 2.21. The van der Waals surface area contributed by atoms with Crippen LogP contribution in [0.2, 0.25) is 0 Å². The Hall–Kier alpha value is -1.36. The van der Waals surface area contributed by atoms with E-state index in [0.29, 0.717) is 12.0 Å². The minimum atomic E-state index is -0.347. The third-order valence-electron chi connectivity index (χ3n) is 2.70. The van der Waals surface area contributed by atoms with Crippen LogP contribution in [0, 0.1) is 6.92 Å².